The number of carboxylic acids is 1. The van der Waals surface area contributed by atoms with Gasteiger partial charge in [-0.3, -0.25) is 4.79 Å². The molecule has 8 heteroatoms. The van der Waals surface area contributed by atoms with Crippen molar-refractivity contribution < 1.29 is 22.8 Å². The third-order valence-electron chi connectivity index (χ3n) is 3.07. The van der Waals surface area contributed by atoms with Gasteiger partial charge >= 0.3 is 5.97 Å². The van der Waals surface area contributed by atoms with E-state index in [2.05, 4.69) is 10.1 Å². The zero-order chi connectivity index (χ0) is 16.2. The van der Waals surface area contributed by atoms with Crippen molar-refractivity contribution in [2.45, 2.75) is 36.8 Å². The van der Waals surface area contributed by atoms with Crippen LogP contribution in [0.15, 0.2) is 33.7 Å². The van der Waals surface area contributed by atoms with Gasteiger partial charge in [-0.15, -0.1) is 0 Å². The van der Waals surface area contributed by atoms with Gasteiger partial charge in [0.1, 0.15) is 5.75 Å². The Kier molecular flexibility index (Phi) is 4.92. The summed E-state index contributed by atoms with van der Waals surface area (Å²) in [6.07, 6.45) is 0.762. The van der Waals surface area contributed by atoms with Gasteiger partial charge in [0, 0.05) is 6.42 Å². The van der Waals surface area contributed by atoms with Gasteiger partial charge in [-0.05, 0) is 24.1 Å². The fraction of sp³-hybridized carbons (Fsp3) is 0.357. The Morgan fingerprint density at radius 3 is 2.55 bits per heavy atom. The highest BCUT2D eigenvalue weighted by atomic mass is 32.2. The molecule has 0 spiro atoms. The normalized spacial score (nSPS) is 11.5. The van der Waals surface area contributed by atoms with Crippen LogP contribution in [0.3, 0.4) is 0 Å². The molecule has 22 heavy (non-hydrogen) atoms. The van der Waals surface area contributed by atoms with E-state index < -0.39 is 15.8 Å². The lowest BCUT2D eigenvalue weighted by molar-refractivity contribution is -0.137. The van der Waals surface area contributed by atoms with Crippen LogP contribution in [0.1, 0.15) is 30.6 Å². The van der Waals surface area contributed by atoms with Crippen molar-refractivity contribution in [1.29, 1.82) is 0 Å². The lowest BCUT2D eigenvalue weighted by atomic mass is 10.2. The van der Waals surface area contributed by atoms with Crippen LogP contribution in [0.2, 0.25) is 0 Å². The van der Waals surface area contributed by atoms with E-state index in [4.69, 9.17) is 9.63 Å². The molecule has 1 N–H and O–H groups in total. The summed E-state index contributed by atoms with van der Waals surface area (Å²) in [6, 6.07) is 6.64. The highest BCUT2D eigenvalue weighted by molar-refractivity contribution is 7.90. The number of hydrogen-bond donors (Lipinski definition) is 1. The molecular formula is C14H16N2O5S. The summed E-state index contributed by atoms with van der Waals surface area (Å²) in [5, 5.41) is 12.2. The van der Waals surface area contributed by atoms with Crippen LogP contribution >= 0.6 is 0 Å². The van der Waals surface area contributed by atoms with Gasteiger partial charge in [0.2, 0.25) is 5.89 Å². The third kappa shape index (κ3) is 4.14. The maximum absolute atomic E-state index is 12.3. The first-order valence-electron chi connectivity index (χ1n) is 6.75. The van der Waals surface area contributed by atoms with Gasteiger partial charge in [-0.2, -0.15) is 4.98 Å². The van der Waals surface area contributed by atoms with Crippen molar-refractivity contribution in [3.05, 3.63) is 41.5 Å². The number of carbonyl (C=O) groups is 1. The molecule has 0 atom stereocenters. The van der Waals surface area contributed by atoms with E-state index in [9.17, 15) is 13.2 Å². The predicted molar refractivity (Wildman–Crippen MR) is 77.0 cm³/mol. The smallest absolute Gasteiger partial charge is 0.303 e. The minimum absolute atomic E-state index is 0.0277. The van der Waals surface area contributed by atoms with Crippen LogP contribution in [-0.2, 0) is 33.2 Å². The third-order valence-corrected chi connectivity index (χ3v) is 4.70. The first-order valence-corrected chi connectivity index (χ1v) is 8.41. The Morgan fingerprint density at radius 2 is 1.95 bits per heavy atom. The van der Waals surface area contributed by atoms with Crippen molar-refractivity contribution >= 4 is 15.8 Å². The zero-order valence-electron chi connectivity index (χ0n) is 12.0. The fourth-order valence-corrected chi connectivity index (χ4v) is 3.02. The summed E-state index contributed by atoms with van der Waals surface area (Å²) in [6.45, 7) is 1.99. The molecule has 2 rings (SSSR count). The first-order chi connectivity index (χ1) is 10.4. The Balaban J connectivity index is 2.09. The number of hydrogen-bond acceptors (Lipinski definition) is 6. The summed E-state index contributed by atoms with van der Waals surface area (Å²) in [4.78, 5) is 14.6. The van der Waals surface area contributed by atoms with Crippen LogP contribution in [0.25, 0.3) is 0 Å². The number of rotatable bonds is 7. The fourth-order valence-electron chi connectivity index (χ4n) is 1.85. The lowest BCUT2D eigenvalue weighted by Gasteiger charge is -2.02. The predicted octanol–water partition coefficient (Wildman–Crippen LogP) is 1.62. The van der Waals surface area contributed by atoms with Crippen molar-refractivity contribution in [1.82, 2.24) is 10.1 Å². The molecule has 2 aromatic rings. The molecule has 0 aliphatic heterocycles. The van der Waals surface area contributed by atoms with E-state index in [1.165, 1.54) is 0 Å². The molecule has 1 heterocycles. The van der Waals surface area contributed by atoms with Crippen LogP contribution in [0.4, 0.5) is 0 Å². The molecule has 1 aromatic carbocycles. The standard InChI is InChI=1S/C14H16N2O5S/c1-2-10-3-5-11(6-4-10)22(19,20)9-12-15-13(21-16-12)7-8-14(17)18/h3-6H,2,7-9H2,1H3,(H,17,18). The monoisotopic (exact) mass is 324 g/mol. The van der Waals surface area contributed by atoms with Gasteiger partial charge in [-0.1, -0.05) is 24.2 Å². The lowest BCUT2D eigenvalue weighted by Crippen LogP contribution is -2.06. The van der Waals surface area contributed by atoms with Crippen LogP contribution in [-0.4, -0.2) is 29.6 Å². The molecule has 7 nitrogen and oxygen atoms in total. The van der Waals surface area contributed by atoms with Crippen molar-refractivity contribution in [3.8, 4) is 0 Å². The average Bonchev–Trinajstić information content (AvgIpc) is 2.92. The molecule has 118 valence electrons. The van der Waals surface area contributed by atoms with E-state index in [0.717, 1.165) is 12.0 Å². The maximum Gasteiger partial charge on any atom is 0.303 e. The molecule has 0 amide bonds. The quantitative estimate of drug-likeness (QED) is 0.824. The second-order valence-electron chi connectivity index (χ2n) is 4.75. The molecule has 0 radical (unpaired) electrons. The molecule has 1 aromatic heterocycles. The molecule has 0 fully saturated rings. The summed E-state index contributed by atoms with van der Waals surface area (Å²) >= 11 is 0. The molecule has 0 unspecified atom stereocenters. The van der Waals surface area contributed by atoms with Crippen molar-refractivity contribution in [3.63, 3.8) is 0 Å². The van der Waals surface area contributed by atoms with Gasteiger partial charge in [-0.25, -0.2) is 8.42 Å². The highest BCUT2D eigenvalue weighted by Crippen LogP contribution is 2.16. The van der Waals surface area contributed by atoms with E-state index in [1.54, 1.807) is 24.3 Å². The maximum atomic E-state index is 12.3. The number of aryl methyl sites for hydroxylation is 2. The minimum atomic E-state index is -3.56. The number of nitrogens with zero attached hydrogens (tertiary/aromatic N) is 2. The van der Waals surface area contributed by atoms with Gasteiger partial charge in [0.25, 0.3) is 0 Å². The van der Waals surface area contributed by atoms with E-state index in [1.807, 2.05) is 6.92 Å². The zero-order valence-corrected chi connectivity index (χ0v) is 12.8. The number of aliphatic carboxylic acids is 1. The molecule has 0 aliphatic rings. The van der Waals surface area contributed by atoms with E-state index in [0.29, 0.717) is 0 Å². The van der Waals surface area contributed by atoms with E-state index >= 15 is 0 Å². The van der Waals surface area contributed by atoms with Gasteiger partial charge in [0.15, 0.2) is 15.7 Å². The Hall–Kier alpha value is -2.22. The largest absolute Gasteiger partial charge is 0.481 e. The summed E-state index contributed by atoms with van der Waals surface area (Å²) in [5.41, 5.74) is 1.05. The highest BCUT2D eigenvalue weighted by Gasteiger charge is 2.19. The summed E-state index contributed by atoms with van der Waals surface area (Å²) in [5.74, 6) is -1.22. The van der Waals surface area contributed by atoms with E-state index in [-0.39, 0.29) is 35.2 Å². The second-order valence-corrected chi connectivity index (χ2v) is 6.74. The van der Waals surface area contributed by atoms with Gasteiger partial charge in [0.05, 0.1) is 11.3 Å². The molecule has 0 bridgehead atoms. The number of carboxylic acid groups (broad SMARTS) is 1. The molecule has 0 saturated heterocycles. The Bertz CT molecular complexity index is 750. The SMILES string of the molecule is CCc1ccc(S(=O)(=O)Cc2noc(CCC(=O)O)n2)cc1. The molecule has 0 aliphatic carbocycles. The molecular weight excluding hydrogens is 308 g/mol. The Labute approximate surface area is 127 Å². The number of sulfone groups is 1. The number of aromatic nitrogens is 2. The summed E-state index contributed by atoms with van der Waals surface area (Å²) < 4.78 is 29.4. The van der Waals surface area contributed by atoms with Crippen LogP contribution < -0.4 is 0 Å². The molecule has 0 saturated carbocycles. The minimum Gasteiger partial charge on any atom is -0.481 e. The number of benzene rings is 1. The first kappa shape index (κ1) is 16.2. The second kappa shape index (κ2) is 6.69. The summed E-state index contributed by atoms with van der Waals surface area (Å²) in [7, 11) is -3.56. The Morgan fingerprint density at radius 1 is 1.27 bits per heavy atom. The van der Waals surface area contributed by atoms with Crippen LogP contribution in [0.5, 0.6) is 0 Å². The van der Waals surface area contributed by atoms with Crippen molar-refractivity contribution in [2.75, 3.05) is 0 Å². The van der Waals surface area contributed by atoms with Gasteiger partial charge < -0.3 is 9.63 Å². The van der Waals surface area contributed by atoms with Crippen molar-refractivity contribution in [2.24, 2.45) is 0 Å². The average molecular weight is 324 g/mol. The topological polar surface area (TPSA) is 110 Å². The van der Waals surface area contributed by atoms with Crippen LogP contribution in [0, 0.1) is 0 Å².